The second kappa shape index (κ2) is 5.51. The minimum atomic E-state index is 0.907. The maximum atomic E-state index is 6.45. The zero-order valence-electron chi connectivity index (χ0n) is 11.5. The van der Waals surface area contributed by atoms with Crippen LogP contribution in [0, 0.1) is 0 Å². The summed E-state index contributed by atoms with van der Waals surface area (Å²) in [5.74, 6) is 0. The van der Waals surface area contributed by atoms with Crippen molar-refractivity contribution in [2.45, 2.75) is 13.3 Å². The van der Waals surface area contributed by atoms with Crippen LogP contribution in [0.25, 0.3) is 21.6 Å². The van der Waals surface area contributed by atoms with Crippen LogP contribution in [0.1, 0.15) is 11.8 Å². The molecule has 0 bridgehead atoms. The van der Waals surface area contributed by atoms with Crippen LogP contribution in [-0.4, -0.2) is 0 Å². The lowest BCUT2D eigenvalue weighted by atomic mass is 10.0. The van der Waals surface area contributed by atoms with E-state index in [-0.39, 0.29) is 0 Å². The van der Waals surface area contributed by atoms with Gasteiger partial charge in [-0.1, -0.05) is 67.6 Å². The Balaban J connectivity index is 2.19. The van der Waals surface area contributed by atoms with Crippen molar-refractivity contribution in [3.63, 3.8) is 0 Å². The second-order valence-corrected chi connectivity index (χ2v) is 5.83. The fourth-order valence-corrected chi connectivity index (χ4v) is 3.65. The normalized spacial score (nSPS) is 10.7. The van der Waals surface area contributed by atoms with E-state index in [1.54, 1.807) is 0 Å². The summed E-state index contributed by atoms with van der Waals surface area (Å²) in [4.78, 5) is 2.54. The third-order valence-electron chi connectivity index (χ3n) is 3.44. The number of thiophene rings is 1. The molecule has 0 radical (unpaired) electrons. The molecule has 2 aromatic carbocycles. The van der Waals surface area contributed by atoms with E-state index in [4.69, 9.17) is 5.73 Å². The van der Waals surface area contributed by atoms with E-state index < -0.39 is 0 Å². The largest absolute Gasteiger partial charge is 0.397 e. The summed E-state index contributed by atoms with van der Waals surface area (Å²) in [6.45, 7) is 2.19. The molecule has 1 nitrogen and oxygen atoms in total. The SMILES string of the molecule is CCc1sc(-c2ccccc2)c(N)c1-c1ccccc1. The molecule has 3 rings (SSSR count). The predicted octanol–water partition coefficient (Wildman–Crippen LogP) is 5.23. The van der Waals surface area contributed by atoms with Crippen LogP contribution in [0.2, 0.25) is 0 Å². The molecular formula is C18H17NS. The summed E-state index contributed by atoms with van der Waals surface area (Å²) < 4.78 is 0. The maximum absolute atomic E-state index is 6.45. The Hall–Kier alpha value is -2.06. The molecule has 0 unspecified atom stereocenters. The highest BCUT2D eigenvalue weighted by Crippen LogP contribution is 2.44. The highest BCUT2D eigenvalue weighted by molar-refractivity contribution is 7.16. The molecule has 0 saturated carbocycles. The first-order chi connectivity index (χ1) is 9.81. The number of hydrogen-bond acceptors (Lipinski definition) is 2. The summed E-state index contributed by atoms with van der Waals surface area (Å²) in [6, 6.07) is 20.8. The summed E-state index contributed by atoms with van der Waals surface area (Å²) in [6.07, 6.45) is 1.01. The molecule has 20 heavy (non-hydrogen) atoms. The average molecular weight is 279 g/mol. The Kier molecular flexibility index (Phi) is 3.57. The van der Waals surface area contributed by atoms with Crippen LogP contribution in [0.4, 0.5) is 5.69 Å². The Morgan fingerprint density at radius 1 is 0.850 bits per heavy atom. The Labute approximate surface area is 123 Å². The van der Waals surface area contributed by atoms with Crippen molar-refractivity contribution in [2.75, 3.05) is 5.73 Å². The molecular weight excluding hydrogens is 262 g/mol. The van der Waals surface area contributed by atoms with Gasteiger partial charge in [-0.3, -0.25) is 0 Å². The lowest BCUT2D eigenvalue weighted by Crippen LogP contribution is -1.90. The summed E-state index contributed by atoms with van der Waals surface area (Å²) in [7, 11) is 0. The van der Waals surface area contributed by atoms with Gasteiger partial charge in [-0.25, -0.2) is 0 Å². The van der Waals surface area contributed by atoms with Crippen molar-refractivity contribution in [3.05, 3.63) is 65.5 Å². The minimum absolute atomic E-state index is 0.907. The molecule has 2 N–H and O–H groups in total. The van der Waals surface area contributed by atoms with Gasteiger partial charge in [0, 0.05) is 10.4 Å². The van der Waals surface area contributed by atoms with E-state index in [0.29, 0.717) is 0 Å². The standard InChI is InChI=1S/C18H17NS/c1-2-15-16(13-9-5-3-6-10-13)17(19)18(20-15)14-11-7-4-8-12-14/h3-12H,2,19H2,1H3. The Bertz CT molecular complexity index is 699. The molecule has 1 heterocycles. The zero-order chi connectivity index (χ0) is 13.9. The van der Waals surface area contributed by atoms with Gasteiger partial charge in [-0.15, -0.1) is 11.3 Å². The van der Waals surface area contributed by atoms with E-state index in [2.05, 4.69) is 55.5 Å². The van der Waals surface area contributed by atoms with Crippen LogP contribution in [0.3, 0.4) is 0 Å². The highest BCUT2D eigenvalue weighted by Gasteiger charge is 2.17. The first-order valence-electron chi connectivity index (χ1n) is 6.83. The number of aryl methyl sites for hydroxylation is 1. The van der Waals surface area contributed by atoms with E-state index >= 15 is 0 Å². The zero-order valence-corrected chi connectivity index (χ0v) is 12.3. The van der Waals surface area contributed by atoms with Gasteiger partial charge in [-0.05, 0) is 17.5 Å². The molecule has 100 valence electrons. The Morgan fingerprint density at radius 3 is 1.95 bits per heavy atom. The first-order valence-corrected chi connectivity index (χ1v) is 7.65. The molecule has 0 fully saturated rings. The van der Waals surface area contributed by atoms with Crippen molar-refractivity contribution in [2.24, 2.45) is 0 Å². The average Bonchev–Trinajstić information content (AvgIpc) is 2.86. The number of benzene rings is 2. The van der Waals surface area contributed by atoms with Crippen molar-refractivity contribution in [3.8, 4) is 21.6 Å². The lowest BCUT2D eigenvalue weighted by molar-refractivity contribution is 1.19. The quantitative estimate of drug-likeness (QED) is 0.698. The lowest BCUT2D eigenvalue weighted by Gasteiger charge is -2.04. The number of anilines is 1. The molecule has 2 heteroatoms. The van der Waals surface area contributed by atoms with Gasteiger partial charge >= 0.3 is 0 Å². The molecule has 0 saturated heterocycles. The van der Waals surface area contributed by atoms with Crippen molar-refractivity contribution < 1.29 is 0 Å². The molecule has 0 atom stereocenters. The van der Waals surface area contributed by atoms with Gasteiger partial charge in [-0.2, -0.15) is 0 Å². The summed E-state index contributed by atoms with van der Waals surface area (Å²) >= 11 is 1.81. The molecule has 0 spiro atoms. The van der Waals surface area contributed by atoms with E-state index in [1.807, 2.05) is 23.5 Å². The van der Waals surface area contributed by atoms with Crippen molar-refractivity contribution >= 4 is 17.0 Å². The third-order valence-corrected chi connectivity index (χ3v) is 4.84. The molecule has 3 aromatic rings. The molecule has 0 amide bonds. The van der Waals surface area contributed by atoms with Crippen LogP contribution in [0.5, 0.6) is 0 Å². The van der Waals surface area contributed by atoms with E-state index in [9.17, 15) is 0 Å². The number of nitrogen functional groups attached to an aromatic ring is 1. The minimum Gasteiger partial charge on any atom is -0.397 e. The van der Waals surface area contributed by atoms with Gasteiger partial charge in [0.25, 0.3) is 0 Å². The van der Waals surface area contributed by atoms with Gasteiger partial charge in [0.2, 0.25) is 0 Å². The number of nitrogens with two attached hydrogens (primary N) is 1. The van der Waals surface area contributed by atoms with Crippen LogP contribution < -0.4 is 5.73 Å². The second-order valence-electron chi connectivity index (χ2n) is 4.73. The van der Waals surface area contributed by atoms with Crippen LogP contribution in [-0.2, 0) is 6.42 Å². The maximum Gasteiger partial charge on any atom is 0.0586 e. The van der Waals surface area contributed by atoms with Crippen LogP contribution >= 0.6 is 11.3 Å². The number of rotatable bonds is 3. The van der Waals surface area contributed by atoms with E-state index in [1.165, 1.54) is 26.4 Å². The smallest absolute Gasteiger partial charge is 0.0586 e. The van der Waals surface area contributed by atoms with Crippen molar-refractivity contribution in [1.29, 1.82) is 0 Å². The van der Waals surface area contributed by atoms with Gasteiger partial charge in [0.05, 0.1) is 10.6 Å². The van der Waals surface area contributed by atoms with Crippen LogP contribution in [0.15, 0.2) is 60.7 Å². The van der Waals surface area contributed by atoms with Gasteiger partial charge in [0.1, 0.15) is 0 Å². The fourth-order valence-electron chi connectivity index (χ4n) is 2.47. The molecule has 0 aliphatic rings. The van der Waals surface area contributed by atoms with Gasteiger partial charge in [0.15, 0.2) is 0 Å². The number of hydrogen-bond donors (Lipinski definition) is 1. The predicted molar refractivity (Wildman–Crippen MR) is 89.0 cm³/mol. The molecule has 0 aliphatic carbocycles. The Morgan fingerprint density at radius 2 is 1.40 bits per heavy atom. The summed E-state index contributed by atoms with van der Waals surface area (Å²) in [5, 5.41) is 0. The van der Waals surface area contributed by atoms with E-state index in [0.717, 1.165) is 12.1 Å². The highest BCUT2D eigenvalue weighted by atomic mass is 32.1. The van der Waals surface area contributed by atoms with Gasteiger partial charge < -0.3 is 5.73 Å². The summed E-state index contributed by atoms with van der Waals surface area (Å²) in [5.41, 5.74) is 11.0. The van der Waals surface area contributed by atoms with Crippen molar-refractivity contribution in [1.82, 2.24) is 0 Å². The molecule has 0 aliphatic heterocycles. The fraction of sp³-hybridized carbons (Fsp3) is 0.111. The molecule has 1 aromatic heterocycles. The topological polar surface area (TPSA) is 26.0 Å². The monoisotopic (exact) mass is 279 g/mol. The third kappa shape index (κ3) is 2.23. The first kappa shape index (κ1) is 12.9.